The van der Waals surface area contributed by atoms with Gasteiger partial charge in [-0.15, -0.1) is 0 Å². The zero-order valence-corrected chi connectivity index (χ0v) is 11.8. The Labute approximate surface area is 122 Å². The first kappa shape index (κ1) is 14.8. The number of carbonyl (C=O) groups is 3. The number of carbonyl (C=O) groups excluding carboxylic acids is 3. The van der Waals surface area contributed by atoms with Gasteiger partial charge in [0.1, 0.15) is 0 Å². The number of nitrogens with two attached hydrogens (primary N) is 1. The Morgan fingerprint density at radius 3 is 2.52 bits per heavy atom. The lowest BCUT2D eigenvalue weighted by atomic mass is 10.2. The molecule has 1 heterocycles. The number of hydrogen-bond acceptors (Lipinski definition) is 4. The summed E-state index contributed by atoms with van der Waals surface area (Å²) in [5.74, 6) is -1.33. The lowest BCUT2D eigenvalue weighted by molar-refractivity contribution is -0.144. The van der Waals surface area contributed by atoms with Crippen LogP contribution in [0.2, 0.25) is 0 Å². The van der Waals surface area contributed by atoms with Gasteiger partial charge in [0.25, 0.3) is 0 Å². The van der Waals surface area contributed by atoms with Crippen molar-refractivity contribution in [3.05, 3.63) is 23.8 Å². The Morgan fingerprint density at radius 2 is 1.90 bits per heavy atom. The van der Waals surface area contributed by atoms with Gasteiger partial charge < -0.3 is 20.9 Å². The minimum atomic E-state index is -0.716. The lowest BCUT2D eigenvalue weighted by Gasteiger charge is -2.32. The number of anilines is 2. The third-order valence-electron chi connectivity index (χ3n) is 3.40. The maximum atomic E-state index is 12.1. The molecule has 0 unspecified atom stereocenters. The average Bonchev–Trinajstić information content (AvgIpc) is 2.50. The Balaban J connectivity index is 1.98. The Morgan fingerprint density at radius 1 is 1.24 bits per heavy atom. The van der Waals surface area contributed by atoms with E-state index in [0.717, 1.165) is 12.0 Å². The highest BCUT2D eigenvalue weighted by molar-refractivity contribution is 6.39. The van der Waals surface area contributed by atoms with Gasteiger partial charge in [-0.25, -0.2) is 0 Å². The Hall–Kier alpha value is -2.57. The Bertz CT molecular complexity index is 565. The topological polar surface area (TPSA) is 95.7 Å². The third kappa shape index (κ3) is 3.50. The van der Waals surface area contributed by atoms with Crippen LogP contribution in [0.3, 0.4) is 0 Å². The fourth-order valence-corrected chi connectivity index (χ4v) is 2.13. The lowest BCUT2D eigenvalue weighted by Crippen LogP contribution is -2.51. The van der Waals surface area contributed by atoms with E-state index in [1.807, 2.05) is 13.0 Å². The number of amides is 3. The van der Waals surface area contributed by atoms with E-state index in [4.69, 9.17) is 5.73 Å². The summed E-state index contributed by atoms with van der Waals surface area (Å²) >= 11 is 0. The summed E-state index contributed by atoms with van der Waals surface area (Å²) in [5, 5.41) is 2.54. The molecule has 3 amide bonds. The van der Waals surface area contributed by atoms with Crippen molar-refractivity contribution in [1.82, 2.24) is 9.80 Å². The molecule has 0 spiro atoms. The van der Waals surface area contributed by atoms with Crippen molar-refractivity contribution in [1.29, 1.82) is 0 Å². The normalized spacial score (nSPS) is 14.7. The van der Waals surface area contributed by atoms with Crippen LogP contribution in [0.25, 0.3) is 0 Å². The van der Waals surface area contributed by atoms with Crippen LogP contribution in [0.15, 0.2) is 18.2 Å². The van der Waals surface area contributed by atoms with Crippen LogP contribution in [0.5, 0.6) is 0 Å². The number of piperazine rings is 1. The fraction of sp³-hybridized carbons (Fsp3) is 0.357. The summed E-state index contributed by atoms with van der Waals surface area (Å²) in [7, 11) is 0. The van der Waals surface area contributed by atoms with Crippen molar-refractivity contribution in [2.45, 2.75) is 6.92 Å². The van der Waals surface area contributed by atoms with Crippen LogP contribution >= 0.6 is 0 Å². The molecule has 7 heteroatoms. The number of aryl methyl sites for hydroxylation is 1. The average molecular weight is 290 g/mol. The number of hydrogen-bond donors (Lipinski definition) is 2. The molecule has 1 saturated heterocycles. The number of nitrogens with zero attached hydrogens (tertiary/aromatic N) is 2. The minimum Gasteiger partial charge on any atom is -0.397 e. The molecule has 7 nitrogen and oxygen atoms in total. The van der Waals surface area contributed by atoms with Crippen LogP contribution in [-0.4, -0.2) is 54.2 Å². The molecule has 112 valence electrons. The molecule has 1 aromatic rings. The highest BCUT2D eigenvalue weighted by atomic mass is 16.2. The SMILES string of the molecule is Cc1ccc(N)c(NC(=O)C(=O)N2CCN(C=O)CC2)c1. The largest absolute Gasteiger partial charge is 0.397 e. The highest BCUT2D eigenvalue weighted by Crippen LogP contribution is 2.19. The van der Waals surface area contributed by atoms with Crippen LogP contribution in [0.1, 0.15) is 5.56 Å². The van der Waals surface area contributed by atoms with Crippen molar-refractivity contribution in [2.24, 2.45) is 0 Å². The number of rotatable bonds is 2. The fourth-order valence-electron chi connectivity index (χ4n) is 2.13. The first-order valence-electron chi connectivity index (χ1n) is 6.67. The number of benzene rings is 1. The summed E-state index contributed by atoms with van der Waals surface area (Å²) < 4.78 is 0. The molecule has 0 aromatic heterocycles. The van der Waals surface area contributed by atoms with E-state index in [9.17, 15) is 14.4 Å². The second-order valence-corrected chi connectivity index (χ2v) is 4.98. The number of nitrogen functional groups attached to an aromatic ring is 1. The molecule has 2 rings (SSSR count). The first-order chi connectivity index (χ1) is 10.0. The minimum absolute atomic E-state index is 0.355. The van der Waals surface area contributed by atoms with E-state index < -0.39 is 11.8 Å². The smallest absolute Gasteiger partial charge is 0.313 e. The van der Waals surface area contributed by atoms with Crippen molar-refractivity contribution >= 4 is 29.6 Å². The van der Waals surface area contributed by atoms with Gasteiger partial charge in [-0.2, -0.15) is 0 Å². The molecule has 3 N–H and O–H groups in total. The van der Waals surface area contributed by atoms with Gasteiger partial charge in [0.15, 0.2) is 0 Å². The van der Waals surface area contributed by atoms with E-state index in [2.05, 4.69) is 5.32 Å². The summed E-state index contributed by atoms with van der Waals surface area (Å²) in [5.41, 5.74) is 7.54. The maximum Gasteiger partial charge on any atom is 0.313 e. The van der Waals surface area contributed by atoms with E-state index in [0.29, 0.717) is 37.6 Å². The van der Waals surface area contributed by atoms with Gasteiger partial charge >= 0.3 is 11.8 Å². The summed E-state index contributed by atoms with van der Waals surface area (Å²) in [6.45, 7) is 3.46. The molecular weight excluding hydrogens is 272 g/mol. The number of nitrogens with one attached hydrogen (secondary N) is 1. The quantitative estimate of drug-likeness (QED) is 0.448. The molecule has 0 saturated carbocycles. The Kier molecular flexibility index (Phi) is 4.42. The standard InChI is InChI=1S/C14H18N4O3/c1-10-2-3-11(15)12(8-10)16-13(20)14(21)18-6-4-17(9-19)5-7-18/h2-3,8-9H,4-7,15H2,1H3,(H,16,20). The maximum absolute atomic E-state index is 12.1. The molecule has 0 radical (unpaired) electrons. The first-order valence-corrected chi connectivity index (χ1v) is 6.67. The van der Waals surface area contributed by atoms with Crippen molar-refractivity contribution in [2.75, 3.05) is 37.2 Å². The monoisotopic (exact) mass is 290 g/mol. The molecule has 1 aromatic carbocycles. The van der Waals surface area contributed by atoms with E-state index >= 15 is 0 Å². The molecule has 21 heavy (non-hydrogen) atoms. The van der Waals surface area contributed by atoms with Crippen LogP contribution in [-0.2, 0) is 14.4 Å². The van der Waals surface area contributed by atoms with Crippen LogP contribution in [0.4, 0.5) is 11.4 Å². The van der Waals surface area contributed by atoms with Gasteiger partial charge in [-0.3, -0.25) is 14.4 Å². The van der Waals surface area contributed by atoms with Gasteiger partial charge in [0.05, 0.1) is 11.4 Å². The van der Waals surface area contributed by atoms with Gasteiger partial charge in [0.2, 0.25) is 6.41 Å². The van der Waals surface area contributed by atoms with E-state index in [1.165, 1.54) is 4.90 Å². The van der Waals surface area contributed by atoms with Crippen molar-refractivity contribution < 1.29 is 14.4 Å². The molecule has 1 fully saturated rings. The predicted octanol–water partition coefficient (Wildman–Crippen LogP) is -0.184. The summed E-state index contributed by atoms with van der Waals surface area (Å²) in [6, 6.07) is 5.22. The van der Waals surface area contributed by atoms with Gasteiger partial charge in [-0.1, -0.05) is 6.07 Å². The molecule has 0 aliphatic carbocycles. The van der Waals surface area contributed by atoms with Crippen molar-refractivity contribution in [3.63, 3.8) is 0 Å². The highest BCUT2D eigenvalue weighted by Gasteiger charge is 2.25. The van der Waals surface area contributed by atoms with Crippen molar-refractivity contribution in [3.8, 4) is 0 Å². The third-order valence-corrected chi connectivity index (χ3v) is 3.40. The van der Waals surface area contributed by atoms with Crippen LogP contribution < -0.4 is 11.1 Å². The molecule has 0 bridgehead atoms. The van der Waals surface area contributed by atoms with Crippen LogP contribution in [0, 0.1) is 6.92 Å². The zero-order chi connectivity index (χ0) is 15.4. The molecule has 1 aliphatic heterocycles. The zero-order valence-electron chi connectivity index (χ0n) is 11.8. The molecule has 1 aliphatic rings. The predicted molar refractivity (Wildman–Crippen MR) is 78.4 cm³/mol. The summed E-state index contributed by atoms with van der Waals surface area (Å²) in [4.78, 5) is 37.7. The van der Waals surface area contributed by atoms with E-state index in [-0.39, 0.29) is 0 Å². The molecule has 0 atom stereocenters. The molecular formula is C14H18N4O3. The van der Waals surface area contributed by atoms with E-state index in [1.54, 1.807) is 17.0 Å². The van der Waals surface area contributed by atoms with Gasteiger partial charge in [0, 0.05) is 26.2 Å². The van der Waals surface area contributed by atoms with Gasteiger partial charge in [-0.05, 0) is 24.6 Å². The summed E-state index contributed by atoms with van der Waals surface area (Å²) in [6.07, 6.45) is 0.745. The second-order valence-electron chi connectivity index (χ2n) is 4.98. The second kappa shape index (κ2) is 6.25.